The number of benzene rings is 1. The summed E-state index contributed by atoms with van der Waals surface area (Å²) in [6.45, 7) is 2.42. The smallest absolute Gasteiger partial charge is 0.265 e. The molecule has 2 rings (SSSR count). The maximum Gasteiger partial charge on any atom is 0.265 e. The van der Waals surface area contributed by atoms with Crippen molar-refractivity contribution in [2.75, 3.05) is 10.8 Å². The largest absolute Gasteiger partial charge is 0.289 e. The number of hydrogen-bond donors (Lipinski definition) is 2. The van der Waals surface area contributed by atoms with Gasteiger partial charge < -0.3 is 0 Å². The molecule has 2 N–H and O–H groups in total. The Kier molecular flexibility index (Phi) is 9.76. The van der Waals surface area contributed by atoms with Crippen LogP contribution in [0, 0.1) is 0 Å². The van der Waals surface area contributed by atoms with Gasteiger partial charge in [0.15, 0.2) is 0 Å². The fourth-order valence-corrected chi connectivity index (χ4v) is 4.71. The number of hydroxylamine groups is 1. The lowest BCUT2D eigenvalue weighted by atomic mass is 10.1. The molecule has 7 nitrogen and oxygen atoms in total. The first-order chi connectivity index (χ1) is 14.5. The molecule has 0 saturated carbocycles. The SMILES string of the molecule is CCCCc1cccc(S(=O)(=O)N(CCCCCCC(=O)NO)c2ccccn2)c1. The first-order valence-electron chi connectivity index (χ1n) is 10.4. The van der Waals surface area contributed by atoms with Crippen LogP contribution in [0.2, 0.25) is 0 Å². The van der Waals surface area contributed by atoms with Crippen LogP contribution in [0.3, 0.4) is 0 Å². The number of nitrogens with zero attached hydrogens (tertiary/aromatic N) is 2. The second kappa shape index (κ2) is 12.3. The summed E-state index contributed by atoms with van der Waals surface area (Å²) < 4.78 is 28.2. The Labute approximate surface area is 179 Å². The van der Waals surface area contributed by atoms with Gasteiger partial charge in [-0.2, -0.15) is 0 Å². The molecular formula is C22H31N3O4S. The average Bonchev–Trinajstić information content (AvgIpc) is 2.77. The molecular weight excluding hydrogens is 402 g/mol. The van der Waals surface area contributed by atoms with Gasteiger partial charge in [-0.3, -0.25) is 10.0 Å². The van der Waals surface area contributed by atoms with E-state index in [1.54, 1.807) is 48.1 Å². The Morgan fingerprint density at radius 3 is 2.57 bits per heavy atom. The highest BCUT2D eigenvalue weighted by atomic mass is 32.2. The summed E-state index contributed by atoms with van der Waals surface area (Å²) >= 11 is 0. The Morgan fingerprint density at radius 2 is 1.87 bits per heavy atom. The Morgan fingerprint density at radius 1 is 1.07 bits per heavy atom. The van der Waals surface area contributed by atoms with E-state index >= 15 is 0 Å². The highest BCUT2D eigenvalue weighted by molar-refractivity contribution is 7.92. The Balaban J connectivity index is 2.11. The van der Waals surface area contributed by atoms with Crippen molar-refractivity contribution in [1.82, 2.24) is 10.5 Å². The summed E-state index contributed by atoms with van der Waals surface area (Å²) in [6.07, 6.45) is 7.59. The van der Waals surface area contributed by atoms with Crippen molar-refractivity contribution >= 4 is 21.7 Å². The molecule has 0 aliphatic rings. The summed E-state index contributed by atoms with van der Waals surface area (Å²) in [4.78, 5) is 15.6. The lowest BCUT2D eigenvalue weighted by Gasteiger charge is -2.23. The molecule has 0 saturated heterocycles. The van der Waals surface area contributed by atoms with Crippen LogP contribution >= 0.6 is 0 Å². The number of hydrogen-bond acceptors (Lipinski definition) is 5. The van der Waals surface area contributed by atoms with Crippen LogP contribution in [0.5, 0.6) is 0 Å². The fourth-order valence-electron chi connectivity index (χ4n) is 3.18. The molecule has 2 aromatic rings. The van der Waals surface area contributed by atoms with Crippen molar-refractivity contribution in [3.63, 3.8) is 0 Å². The molecule has 0 unspecified atom stereocenters. The van der Waals surface area contributed by atoms with E-state index in [1.807, 2.05) is 6.07 Å². The van der Waals surface area contributed by atoms with Gasteiger partial charge in [-0.15, -0.1) is 0 Å². The molecule has 30 heavy (non-hydrogen) atoms. The minimum atomic E-state index is -3.74. The third-order valence-corrected chi connectivity index (χ3v) is 6.65. The zero-order chi connectivity index (χ0) is 21.8. The van der Waals surface area contributed by atoms with Crippen LogP contribution in [0.15, 0.2) is 53.6 Å². The van der Waals surface area contributed by atoms with E-state index in [0.29, 0.717) is 25.2 Å². The number of aryl methyl sites for hydroxylation is 1. The van der Waals surface area contributed by atoms with Gasteiger partial charge in [-0.1, -0.05) is 44.4 Å². The number of unbranched alkanes of at least 4 members (excludes halogenated alkanes) is 4. The highest BCUT2D eigenvalue weighted by Crippen LogP contribution is 2.24. The van der Waals surface area contributed by atoms with Crippen molar-refractivity contribution < 1.29 is 18.4 Å². The number of anilines is 1. The number of carbonyl (C=O) groups is 1. The summed E-state index contributed by atoms with van der Waals surface area (Å²) in [5.74, 6) is -0.00763. The van der Waals surface area contributed by atoms with Crippen LogP contribution < -0.4 is 9.79 Å². The minimum absolute atomic E-state index is 0.253. The molecule has 1 amide bonds. The average molecular weight is 434 g/mol. The number of nitrogens with one attached hydrogen (secondary N) is 1. The van der Waals surface area contributed by atoms with Gasteiger partial charge >= 0.3 is 0 Å². The van der Waals surface area contributed by atoms with Crippen LogP contribution in [0.1, 0.15) is 57.4 Å². The lowest BCUT2D eigenvalue weighted by molar-refractivity contribution is -0.129. The molecule has 0 fully saturated rings. The molecule has 0 radical (unpaired) electrons. The van der Waals surface area contributed by atoms with E-state index in [2.05, 4.69) is 11.9 Å². The van der Waals surface area contributed by atoms with Crippen molar-refractivity contribution in [3.05, 3.63) is 54.2 Å². The molecule has 0 atom stereocenters. The number of sulfonamides is 1. The molecule has 0 aliphatic carbocycles. The van der Waals surface area contributed by atoms with Crippen LogP contribution in [0.4, 0.5) is 5.82 Å². The number of amides is 1. The maximum atomic E-state index is 13.4. The molecule has 1 aromatic carbocycles. The molecule has 1 heterocycles. The highest BCUT2D eigenvalue weighted by Gasteiger charge is 2.25. The zero-order valence-electron chi connectivity index (χ0n) is 17.5. The number of pyridine rings is 1. The molecule has 0 aliphatic heterocycles. The molecule has 8 heteroatoms. The standard InChI is InChI=1S/C22H31N3O4S/c1-2-3-11-19-12-10-13-20(18-19)30(28,29)25(21-14-7-8-16-23-21)17-9-5-4-6-15-22(26)24-27/h7-8,10,12-14,16,18,27H,2-6,9,11,15,17H2,1H3,(H,24,26). The van der Waals surface area contributed by atoms with Gasteiger partial charge in [0.05, 0.1) is 4.90 Å². The topological polar surface area (TPSA) is 99.6 Å². The second-order valence-corrected chi connectivity index (χ2v) is 9.08. The predicted molar refractivity (Wildman–Crippen MR) is 117 cm³/mol. The van der Waals surface area contributed by atoms with Crippen molar-refractivity contribution in [2.45, 2.75) is 63.2 Å². The van der Waals surface area contributed by atoms with E-state index < -0.39 is 15.9 Å². The van der Waals surface area contributed by atoms with Gasteiger partial charge in [-0.05, 0) is 55.5 Å². The number of aromatic nitrogens is 1. The van der Waals surface area contributed by atoms with Gasteiger partial charge in [0, 0.05) is 19.2 Å². The van der Waals surface area contributed by atoms with Crippen molar-refractivity contribution in [3.8, 4) is 0 Å². The normalized spacial score (nSPS) is 11.3. The molecule has 1 aromatic heterocycles. The maximum absolute atomic E-state index is 13.4. The van der Waals surface area contributed by atoms with Crippen LogP contribution in [-0.2, 0) is 21.2 Å². The molecule has 0 bridgehead atoms. The minimum Gasteiger partial charge on any atom is -0.289 e. The van der Waals surface area contributed by atoms with Crippen molar-refractivity contribution in [1.29, 1.82) is 0 Å². The van der Waals surface area contributed by atoms with Crippen molar-refractivity contribution in [2.24, 2.45) is 0 Å². The first kappa shape index (κ1) is 23.8. The van der Waals surface area contributed by atoms with Crippen LogP contribution in [0.25, 0.3) is 0 Å². The Hall–Kier alpha value is -2.45. The van der Waals surface area contributed by atoms with E-state index in [-0.39, 0.29) is 11.3 Å². The van der Waals surface area contributed by atoms with E-state index in [9.17, 15) is 13.2 Å². The van der Waals surface area contributed by atoms with Gasteiger partial charge in [0.2, 0.25) is 5.91 Å². The predicted octanol–water partition coefficient (Wildman–Crippen LogP) is 4.08. The zero-order valence-corrected chi connectivity index (χ0v) is 18.3. The summed E-state index contributed by atoms with van der Waals surface area (Å²) in [7, 11) is -3.74. The quantitative estimate of drug-likeness (QED) is 0.282. The first-order valence-corrected chi connectivity index (χ1v) is 11.9. The monoisotopic (exact) mass is 433 g/mol. The van der Waals surface area contributed by atoms with E-state index in [0.717, 1.165) is 37.7 Å². The van der Waals surface area contributed by atoms with E-state index in [1.165, 1.54) is 4.31 Å². The van der Waals surface area contributed by atoms with Crippen LogP contribution in [-0.4, -0.2) is 31.1 Å². The number of rotatable bonds is 13. The lowest BCUT2D eigenvalue weighted by Crippen LogP contribution is -2.32. The fraction of sp³-hybridized carbons (Fsp3) is 0.455. The summed E-state index contributed by atoms with van der Waals surface area (Å²) in [5, 5.41) is 8.52. The molecule has 0 spiro atoms. The Bertz CT molecular complexity index is 888. The van der Waals surface area contributed by atoms with Gasteiger partial charge in [0.1, 0.15) is 5.82 Å². The third-order valence-electron chi connectivity index (χ3n) is 4.85. The summed E-state index contributed by atoms with van der Waals surface area (Å²) in [5.41, 5.74) is 2.63. The van der Waals surface area contributed by atoms with Gasteiger partial charge in [0.25, 0.3) is 10.0 Å². The number of carbonyl (C=O) groups excluding carboxylic acids is 1. The second-order valence-electron chi connectivity index (χ2n) is 7.22. The third kappa shape index (κ3) is 7.11. The summed E-state index contributed by atoms with van der Waals surface area (Å²) in [6, 6.07) is 12.4. The van der Waals surface area contributed by atoms with Gasteiger partial charge in [-0.25, -0.2) is 23.2 Å². The molecule has 164 valence electrons. The van der Waals surface area contributed by atoms with E-state index in [4.69, 9.17) is 5.21 Å².